The summed E-state index contributed by atoms with van der Waals surface area (Å²) in [7, 11) is 0. The van der Waals surface area contributed by atoms with Gasteiger partial charge in [-0.05, 0) is 48.7 Å². The lowest BCUT2D eigenvalue weighted by Gasteiger charge is -2.09. The Kier molecular flexibility index (Phi) is 5.59. The lowest BCUT2D eigenvalue weighted by atomic mass is 10.1. The second-order valence-electron chi connectivity index (χ2n) is 6.05. The van der Waals surface area contributed by atoms with E-state index in [-0.39, 0.29) is 11.7 Å². The van der Waals surface area contributed by atoms with E-state index in [0.717, 1.165) is 16.9 Å². The van der Waals surface area contributed by atoms with Crippen molar-refractivity contribution in [1.29, 1.82) is 0 Å². The quantitative estimate of drug-likeness (QED) is 0.700. The predicted molar refractivity (Wildman–Crippen MR) is 101 cm³/mol. The molecule has 0 radical (unpaired) electrons. The number of hydrogen-bond acceptors (Lipinski definition) is 3. The number of carbonyl (C=O) groups is 1. The van der Waals surface area contributed by atoms with Gasteiger partial charge in [-0.3, -0.25) is 9.78 Å². The van der Waals surface area contributed by atoms with E-state index in [9.17, 15) is 9.18 Å². The van der Waals surface area contributed by atoms with Crippen LogP contribution in [0.2, 0.25) is 0 Å². The van der Waals surface area contributed by atoms with Gasteiger partial charge in [-0.1, -0.05) is 30.3 Å². The Balaban J connectivity index is 1.60. The summed E-state index contributed by atoms with van der Waals surface area (Å²) in [6.07, 6.45) is 3.62. The van der Waals surface area contributed by atoms with Gasteiger partial charge in [0.15, 0.2) is 0 Å². The third-order valence-corrected chi connectivity index (χ3v) is 3.94. The van der Waals surface area contributed by atoms with Gasteiger partial charge in [0.2, 0.25) is 0 Å². The zero-order valence-corrected chi connectivity index (χ0v) is 14.5. The molecule has 0 aliphatic heterocycles. The Morgan fingerprint density at radius 3 is 2.69 bits per heavy atom. The summed E-state index contributed by atoms with van der Waals surface area (Å²) in [5.41, 5.74) is 3.85. The fourth-order valence-corrected chi connectivity index (χ4v) is 2.64. The van der Waals surface area contributed by atoms with E-state index in [1.54, 1.807) is 30.5 Å². The maximum absolute atomic E-state index is 13.6. The minimum atomic E-state index is -0.257. The van der Waals surface area contributed by atoms with E-state index in [0.29, 0.717) is 24.1 Å². The van der Waals surface area contributed by atoms with Crippen molar-refractivity contribution in [2.24, 2.45) is 0 Å². The minimum Gasteiger partial charge on any atom is -0.354 e. The first kappa shape index (κ1) is 17.6. The van der Waals surface area contributed by atoms with Crippen molar-refractivity contribution < 1.29 is 9.18 Å². The highest BCUT2D eigenvalue weighted by molar-refractivity contribution is 5.94. The van der Waals surface area contributed by atoms with Crippen molar-refractivity contribution in [2.45, 2.75) is 13.3 Å². The van der Waals surface area contributed by atoms with E-state index in [2.05, 4.69) is 15.6 Å². The average molecular weight is 349 g/mol. The summed E-state index contributed by atoms with van der Waals surface area (Å²) < 4.78 is 13.6. The topological polar surface area (TPSA) is 54.0 Å². The Labute approximate surface area is 152 Å². The molecule has 3 rings (SSSR count). The number of hydrogen-bond donors (Lipinski definition) is 2. The van der Waals surface area contributed by atoms with Crippen molar-refractivity contribution in [3.8, 4) is 0 Å². The van der Waals surface area contributed by atoms with Gasteiger partial charge < -0.3 is 10.6 Å². The number of rotatable bonds is 6. The molecule has 2 aromatic carbocycles. The molecule has 0 unspecified atom stereocenters. The summed E-state index contributed by atoms with van der Waals surface area (Å²) in [6, 6.07) is 16.3. The van der Waals surface area contributed by atoms with Gasteiger partial charge in [-0.15, -0.1) is 0 Å². The Bertz CT molecular complexity index is 911. The van der Waals surface area contributed by atoms with Crippen LogP contribution in [0, 0.1) is 12.7 Å². The monoisotopic (exact) mass is 349 g/mol. The first-order chi connectivity index (χ1) is 12.6. The van der Waals surface area contributed by atoms with E-state index in [4.69, 9.17) is 0 Å². The molecule has 0 spiro atoms. The van der Waals surface area contributed by atoms with Crippen molar-refractivity contribution >= 4 is 17.3 Å². The van der Waals surface area contributed by atoms with Gasteiger partial charge in [0.05, 0.1) is 17.4 Å². The smallest absolute Gasteiger partial charge is 0.252 e. The molecule has 5 heteroatoms. The molecule has 0 aliphatic carbocycles. The molecular formula is C21H20FN3O. The summed E-state index contributed by atoms with van der Waals surface area (Å²) >= 11 is 0. The second kappa shape index (κ2) is 8.25. The number of nitrogens with one attached hydrogen (secondary N) is 2. The van der Waals surface area contributed by atoms with Crippen LogP contribution >= 0.6 is 0 Å². The van der Waals surface area contributed by atoms with E-state index >= 15 is 0 Å². The Hall–Kier alpha value is -3.21. The van der Waals surface area contributed by atoms with Gasteiger partial charge in [0, 0.05) is 18.4 Å². The van der Waals surface area contributed by atoms with Crippen LogP contribution in [-0.4, -0.2) is 17.4 Å². The van der Waals surface area contributed by atoms with Gasteiger partial charge >= 0.3 is 0 Å². The molecule has 1 aromatic heterocycles. The molecule has 4 nitrogen and oxygen atoms in total. The molecule has 0 aliphatic rings. The zero-order valence-electron chi connectivity index (χ0n) is 14.5. The molecular weight excluding hydrogens is 329 g/mol. The van der Waals surface area contributed by atoms with E-state index in [1.807, 2.05) is 31.2 Å². The number of pyridine rings is 1. The molecule has 132 valence electrons. The number of amides is 1. The summed E-state index contributed by atoms with van der Waals surface area (Å²) in [6.45, 7) is 2.37. The maximum atomic E-state index is 13.6. The van der Waals surface area contributed by atoms with Gasteiger partial charge in [-0.25, -0.2) is 4.39 Å². The summed E-state index contributed by atoms with van der Waals surface area (Å²) in [5.74, 6) is -0.491. The standard InChI is InChI=1S/C21H20FN3O/c1-15-5-4-7-18(11-15)25-19-12-17(13-23-14-19)21(26)24-10-9-16-6-2-3-8-20(16)22/h2-8,11-14,25H,9-10H2,1H3,(H,24,26). The molecule has 0 atom stereocenters. The number of carbonyl (C=O) groups excluding carboxylic acids is 1. The van der Waals surface area contributed by atoms with Crippen LogP contribution in [0.1, 0.15) is 21.5 Å². The largest absolute Gasteiger partial charge is 0.354 e. The highest BCUT2D eigenvalue weighted by atomic mass is 19.1. The molecule has 3 aromatic rings. The number of anilines is 2. The lowest BCUT2D eigenvalue weighted by Crippen LogP contribution is -2.26. The third kappa shape index (κ3) is 4.66. The van der Waals surface area contributed by atoms with Crippen LogP contribution < -0.4 is 10.6 Å². The SMILES string of the molecule is Cc1cccc(Nc2cncc(C(=O)NCCc3ccccc3F)c2)c1. The summed E-state index contributed by atoms with van der Waals surface area (Å²) in [4.78, 5) is 16.4. The Morgan fingerprint density at radius 1 is 1.04 bits per heavy atom. The van der Waals surface area contributed by atoms with Crippen LogP contribution in [0.15, 0.2) is 67.0 Å². The number of aryl methyl sites for hydroxylation is 1. The fourth-order valence-electron chi connectivity index (χ4n) is 2.64. The number of benzene rings is 2. The average Bonchev–Trinajstić information content (AvgIpc) is 2.63. The normalized spacial score (nSPS) is 10.4. The maximum Gasteiger partial charge on any atom is 0.252 e. The molecule has 1 amide bonds. The first-order valence-corrected chi connectivity index (χ1v) is 8.42. The molecule has 1 heterocycles. The highest BCUT2D eigenvalue weighted by Crippen LogP contribution is 2.17. The van der Waals surface area contributed by atoms with Crippen molar-refractivity contribution in [3.05, 3.63) is 89.5 Å². The van der Waals surface area contributed by atoms with Crippen LogP contribution in [0.3, 0.4) is 0 Å². The van der Waals surface area contributed by atoms with E-state index in [1.165, 1.54) is 12.3 Å². The lowest BCUT2D eigenvalue weighted by molar-refractivity contribution is 0.0953. The number of aromatic nitrogens is 1. The third-order valence-electron chi connectivity index (χ3n) is 3.94. The van der Waals surface area contributed by atoms with E-state index < -0.39 is 0 Å². The molecule has 26 heavy (non-hydrogen) atoms. The molecule has 2 N–H and O–H groups in total. The minimum absolute atomic E-state index is 0.235. The molecule has 0 saturated heterocycles. The second-order valence-corrected chi connectivity index (χ2v) is 6.05. The van der Waals surface area contributed by atoms with Crippen LogP contribution in [0.4, 0.5) is 15.8 Å². The molecule has 0 saturated carbocycles. The van der Waals surface area contributed by atoms with Crippen molar-refractivity contribution in [1.82, 2.24) is 10.3 Å². The van der Waals surface area contributed by atoms with Gasteiger partial charge in [-0.2, -0.15) is 0 Å². The zero-order chi connectivity index (χ0) is 18.4. The van der Waals surface area contributed by atoms with Gasteiger partial charge in [0.1, 0.15) is 5.82 Å². The molecule has 0 fully saturated rings. The van der Waals surface area contributed by atoms with Crippen LogP contribution in [0.5, 0.6) is 0 Å². The van der Waals surface area contributed by atoms with Crippen molar-refractivity contribution in [2.75, 3.05) is 11.9 Å². The number of halogens is 1. The first-order valence-electron chi connectivity index (χ1n) is 8.42. The molecule has 0 bridgehead atoms. The van der Waals surface area contributed by atoms with Crippen LogP contribution in [-0.2, 0) is 6.42 Å². The van der Waals surface area contributed by atoms with Crippen molar-refractivity contribution in [3.63, 3.8) is 0 Å². The summed E-state index contributed by atoms with van der Waals surface area (Å²) in [5, 5.41) is 6.04. The number of nitrogens with zero attached hydrogens (tertiary/aromatic N) is 1. The fraction of sp³-hybridized carbons (Fsp3) is 0.143. The van der Waals surface area contributed by atoms with Crippen LogP contribution in [0.25, 0.3) is 0 Å². The Morgan fingerprint density at radius 2 is 1.88 bits per heavy atom. The van der Waals surface area contributed by atoms with Gasteiger partial charge in [0.25, 0.3) is 5.91 Å². The highest BCUT2D eigenvalue weighted by Gasteiger charge is 2.08. The predicted octanol–water partition coefficient (Wildman–Crippen LogP) is 4.25.